The normalized spacial score (nSPS) is 13.7. The lowest BCUT2D eigenvalue weighted by Crippen LogP contribution is -2.22. The number of esters is 1. The molecule has 0 fully saturated rings. The topological polar surface area (TPSA) is 39.2 Å². The van der Waals surface area contributed by atoms with E-state index in [0.717, 1.165) is 11.3 Å². The van der Waals surface area contributed by atoms with Crippen LogP contribution in [0.3, 0.4) is 0 Å². The van der Waals surface area contributed by atoms with Crippen LogP contribution in [0.25, 0.3) is 6.08 Å². The maximum atomic E-state index is 12.3. The van der Waals surface area contributed by atoms with E-state index in [2.05, 4.69) is 4.98 Å². The molecule has 0 saturated heterocycles. The van der Waals surface area contributed by atoms with Gasteiger partial charge in [-0.05, 0) is 30.5 Å². The van der Waals surface area contributed by atoms with E-state index in [1.807, 2.05) is 74.5 Å². The molecule has 0 saturated carbocycles. The zero-order valence-electron chi connectivity index (χ0n) is 13.0. The molecule has 0 spiro atoms. The number of pyridine rings is 1. The van der Waals surface area contributed by atoms with Crippen molar-refractivity contribution in [2.75, 3.05) is 6.61 Å². The van der Waals surface area contributed by atoms with Crippen molar-refractivity contribution in [2.24, 2.45) is 5.92 Å². The third-order valence-corrected chi connectivity index (χ3v) is 3.46. The van der Waals surface area contributed by atoms with Gasteiger partial charge in [-0.1, -0.05) is 55.5 Å². The number of allylic oxidation sites excluding steroid dienone is 1. The molecule has 1 aromatic heterocycles. The smallest absolute Gasteiger partial charge is 0.315 e. The Balaban J connectivity index is 2.21. The van der Waals surface area contributed by atoms with Crippen LogP contribution in [0.4, 0.5) is 0 Å². The average Bonchev–Trinajstić information content (AvgIpc) is 2.55. The molecule has 2 aromatic rings. The first-order valence-electron chi connectivity index (χ1n) is 7.53. The van der Waals surface area contributed by atoms with E-state index in [-0.39, 0.29) is 17.8 Å². The minimum absolute atomic E-state index is 0.00541. The van der Waals surface area contributed by atoms with Gasteiger partial charge in [0.05, 0.1) is 12.3 Å². The second-order valence-electron chi connectivity index (χ2n) is 5.11. The largest absolute Gasteiger partial charge is 0.465 e. The number of rotatable bonds is 6. The van der Waals surface area contributed by atoms with Crippen molar-refractivity contribution in [2.45, 2.75) is 19.8 Å². The molecular formula is C19H21NO2. The van der Waals surface area contributed by atoms with Crippen molar-refractivity contribution in [1.82, 2.24) is 4.98 Å². The highest BCUT2D eigenvalue weighted by molar-refractivity contribution is 5.78. The van der Waals surface area contributed by atoms with E-state index in [0.29, 0.717) is 6.61 Å². The molecule has 0 radical (unpaired) electrons. The number of hydrogen-bond donors (Lipinski definition) is 0. The fourth-order valence-electron chi connectivity index (χ4n) is 2.33. The molecule has 3 nitrogen and oxygen atoms in total. The Morgan fingerprint density at radius 2 is 1.91 bits per heavy atom. The van der Waals surface area contributed by atoms with E-state index < -0.39 is 0 Å². The predicted octanol–water partition coefficient (Wildman–Crippen LogP) is 4.08. The average molecular weight is 295 g/mol. The minimum Gasteiger partial charge on any atom is -0.465 e. The van der Waals surface area contributed by atoms with Crippen LogP contribution in [0.1, 0.15) is 31.0 Å². The quantitative estimate of drug-likeness (QED) is 0.754. The van der Waals surface area contributed by atoms with Gasteiger partial charge in [-0.25, -0.2) is 0 Å². The van der Waals surface area contributed by atoms with Crippen LogP contribution in [0.2, 0.25) is 0 Å². The number of carbonyl (C=O) groups excluding carboxylic acids is 1. The molecule has 3 heteroatoms. The van der Waals surface area contributed by atoms with Gasteiger partial charge in [0.15, 0.2) is 0 Å². The second kappa shape index (κ2) is 8.13. The summed E-state index contributed by atoms with van der Waals surface area (Å²) in [6.45, 7) is 4.20. The zero-order valence-corrected chi connectivity index (χ0v) is 13.0. The van der Waals surface area contributed by atoms with Gasteiger partial charge in [0.25, 0.3) is 0 Å². The molecule has 22 heavy (non-hydrogen) atoms. The van der Waals surface area contributed by atoms with Gasteiger partial charge in [0.1, 0.15) is 5.92 Å². The van der Waals surface area contributed by atoms with Gasteiger partial charge in [0, 0.05) is 6.20 Å². The van der Waals surface area contributed by atoms with Gasteiger partial charge in [0.2, 0.25) is 0 Å². The van der Waals surface area contributed by atoms with E-state index >= 15 is 0 Å². The molecule has 1 heterocycles. The fraction of sp³-hybridized carbons (Fsp3) is 0.263. The van der Waals surface area contributed by atoms with Crippen LogP contribution in [-0.2, 0) is 9.53 Å². The molecule has 0 aliphatic rings. The van der Waals surface area contributed by atoms with Crippen LogP contribution in [0, 0.1) is 5.92 Å². The summed E-state index contributed by atoms with van der Waals surface area (Å²) in [5, 5.41) is 0. The SMILES string of the molecule is CCOC(=O)[C@H](c1ccccn1)[C@H](C)/C=C/c1ccccc1. The zero-order chi connectivity index (χ0) is 15.8. The lowest BCUT2D eigenvalue weighted by molar-refractivity contribution is -0.145. The summed E-state index contributed by atoms with van der Waals surface area (Å²) in [5.41, 5.74) is 1.85. The van der Waals surface area contributed by atoms with Crippen molar-refractivity contribution >= 4 is 12.0 Å². The minimum atomic E-state index is -0.388. The number of nitrogens with zero attached hydrogens (tertiary/aromatic N) is 1. The fourth-order valence-corrected chi connectivity index (χ4v) is 2.33. The Morgan fingerprint density at radius 1 is 1.18 bits per heavy atom. The van der Waals surface area contributed by atoms with Gasteiger partial charge >= 0.3 is 5.97 Å². The molecule has 0 unspecified atom stereocenters. The highest BCUT2D eigenvalue weighted by Crippen LogP contribution is 2.26. The summed E-state index contributed by atoms with van der Waals surface area (Å²) >= 11 is 0. The standard InChI is InChI=1S/C19H21NO2/c1-3-22-19(21)18(17-11-7-8-14-20-17)15(2)12-13-16-9-5-4-6-10-16/h4-15,18H,3H2,1-2H3/b13-12+/t15-,18+/m1/s1. The monoisotopic (exact) mass is 295 g/mol. The number of carbonyl (C=O) groups is 1. The lowest BCUT2D eigenvalue weighted by Gasteiger charge is -2.19. The molecular weight excluding hydrogens is 274 g/mol. The predicted molar refractivity (Wildman–Crippen MR) is 88.3 cm³/mol. The first-order chi connectivity index (χ1) is 10.7. The number of hydrogen-bond acceptors (Lipinski definition) is 3. The molecule has 0 aliphatic carbocycles. The van der Waals surface area contributed by atoms with Crippen LogP contribution in [0.5, 0.6) is 0 Å². The van der Waals surface area contributed by atoms with Gasteiger partial charge in [-0.2, -0.15) is 0 Å². The summed E-state index contributed by atoms with van der Waals surface area (Å²) in [4.78, 5) is 16.6. The Kier molecular flexibility index (Phi) is 5.90. The van der Waals surface area contributed by atoms with Gasteiger partial charge in [-0.3, -0.25) is 9.78 Å². The summed E-state index contributed by atoms with van der Waals surface area (Å²) in [6.07, 6.45) is 5.76. The van der Waals surface area contributed by atoms with Crippen LogP contribution < -0.4 is 0 Å². The number of aromatic nitrogens is 1. The van der Waals surface area contributed by atoms with Crippen molar-refractivity contribution < 1.29 is 9.53 Å². The summed E-state index contributed by atoms with van der Waals surface area (Å²) in [6, 6.07) is 15.6. The lowest BCUT2D eigenvalue weighted by atomic mass is 9.89. The van der Waals surface area contributed by atoms with E-state index in [1.165, 1.54) is 0 Å². The number of ether oxygens (including phenoxy) is 1. The third kappa shape index (κ3) is 4.29. The van der Waals surface area contributed by atoms with Crippen molar-refractivity contribution in [3.63, 3.8) is 0 Å². The van der Waals surface area contributed by atoms with Crippen molar-refractivity contribution in [1.29, 1.82) is 0 Å². The molecule has 0 aliphatic heterocycles. The Morgan fingerprint density at radius 3 is 2.55 bits per heavy atom. The Bertz CT molecular complexity index is 608. The Labute approximate surface area is 131 Å². The number of benzene rings is 1. The molecule has 0 amide bonds. The van der Waals surface area contributed by atoms with Crippen LogP contribution in [-0.4, -0.2) is 17.6 Å². The van der Waals surface area contributed by atoms with Crippen molar-refractivity contribution in [3.05, 3.63) is 72.1 Å². The first-order valence-corrected chi connectivity index (χ1v) is 7.53. The van der Waals surface area contributed by atoms with Gasteiger partial charge < -0.3 is 4.74 Å². The van der Waals surface area contributed by atoms with Crippen molar-refractivity contribution in [3.8, 4) is 0 Å². The van der Waals surface area contributed by atoms with Crippen LogP contribution in [0.15, 0.2) is 60.8 Å². The molecule has 0 bridgehead atoms. The highest BCUT2D eigenvalue weighted by atomic mass is 16.5. The summed E-state index contributed by atoms with van der Waals surface area (Å²) < 4.78 is 5.22. The maximum absolute atomic E-state index is 12.3. The summed E-state index contributed by atoms with van der Waals surface area (Å²) in [7, 11) is 0. The Hall–Kier alpha value is -2.42. The molecule has 2 atom stereocenters. The van der Waals surface area contributed by atoms with Crippen LogP contribution >= 0.6 is 0 Å². The van der Waals surface area contributed by atoms with E-state index in [4.69, 9.17) is 4.74 Å². The third-order valence-electron chi connectivity index (χ3n) is 3.46. The first kappa shape index (κ1) is 16.0. The molecule has 1 aromatic carbocycles. The summed E-state index contributed by atoms with van der Waals surface area (Å²) in [5.74, 6) is -0.623. The van der Waals surface area contributed by atoms with E-state index in [9.17, 15) is 4.79 Å². The highest BCUT2D eigenvalue weighted by Gasteiger charge is 2.27. The van der Waals surface area contributed by atoms with E-state index in [1.54, 1.807) is 6.20 Å². The molecule has 0 N–H and O–H groups in total. The second-order valence-corrected chi connectivity index (χ2v) is 5.11. The van der Waals surface area contributed by atoms with Gasteiger partial charge in [-0.15, -0.1) is 0 Å². The molecule has 2 rings (SSSR count). The maximum Gasteiger partial charge on any atom is 0.315 e. The molecule has 114 valence electrons.